The molecule has 1 aliphatic rings. The van der Waals surface area contributed by atoms with Crippen LogP contribution in [0.4, 0.5) is 10.9 Å². The van der Waals surface area contributed by atoms with Crippen LogP contribution < -0.4 is 15.0 Å². The lowest BCUT2D eigenvalue weighted by atomic mass is 9.94. The van der Waals surface area contributed by atoms with Crippen molar-refractivity contribution < 1.29 is 28.6 Å². The summed E-state index contributed by atoms with van der Waals surface area (Å²) in [4.78, 5) is 50.7. The summed E-state index contributed by atoms with van der Waals surface area (Å²) in [6.07, 6.45) is 2.54. The predicted molar refractivity (Wildman–Crippen MR) is 220 cm³/mol. The van der Waals surface area contributed by atoms with Crippen LogP contribution in [0, 0.1) is 6.92 Å². The lowest BCUT2D eigenvalue weighted by Gasteiger charge is -2.31. The first-order chi connectivity index (χ1) is 27.0. The Bertz CT molecular complexity index is 2380. The van der Waals surface area contributed by atoms with Crippen molar-refractivity contribution in [2.24, 2.45) is 0 Å². The SMILES string of the molecule is COC(=O)CCCc1ccc(Oc2cccc(-c3ccc(N4CCc5cccc(C(=O)Nc6nc7ccccc7s6)c5C4)nc3C(=O)OC(C)(C)C)c2C)cc1. The lowest BCUT2D eigenvalue weighted by Crippen LogP contribution is -2.33. The topological polar surface area (TPSA) is 120 Å². The van der Waals surface area contributed by atoms with Crippen LogP contribution in [-0.2, 0) is 33.7 Å². The summed E-state index contributed by atoms with van der Waals surface area (Å²) in [5, 5.41) is 3.56. The number of fused-ring (bicyclic) bond motifs is 2. The number of rotatable bonds is 11. The average Bonchev–Trinajstić information content (AvgIpc) is 3.60. The molecule has 1 aliphatic heterocycles. The fourth-order valence-electron chi connectivity index (χ4n) is 6.81. The van der Waals surface area contributed by atoms with E-state index in [1.807, 2.05) is 119 Å². The van der Waals surface area contributed by atoms with E-state index in [-0.39, 0.29) is 17.6 Å². The molecule has 286 valence electrons. The number of para-hydroxylation sites is 1. The number of methoxy groups -OCH3 is 1. The van der Waals surface area contributed by atoms with Crippen LogP contribution in [0.25, 0.3) is 21.3 Å². The molecule has 0 saturated carbocycles. The van der Waals surface area contributed by atoms with E-state index in [4.69, 9.17) is 19.2 Å². The molecule has 0 bridgehead atoms. The van der Waals surface area contributed by atoms with E-state index in [1.165, 1.54) is 18.4 Å². The molecule has 0 saturated heterocycles. The van der Waals surface area contributed by atoms with E-state index >= 15 is 0 Å². The minimum atomic E-state index is -0.743. The van der Waals surface area contributed by atoms with Crippen molar-refractivity contribution in [1.29, 1.82) is 0 Å². The number of thiazole rings is 1. The molecule has 56 heavy (non-hydrogen) atoms. The number of hydrogen-bond acceptors (Lipinski definition) is 10. The number of nitrogens with zero attached hydrogens (tertiary/aromatic N) is 3. The molecule has 0 spiro atoms. The van der Waals surface area contributed by atoms with E-state index in [2.05, 4.69) is 21.3 Å². The molecule has 3 heterocycles. The molecule has 4 aromatic carbocycles. The smallest absolute Gasteiger partial charge is 0.358 e. The number of nitrogens with one attached hydrogen (secondary N) is 1. The zero-order chi connectivity index (χ0) is 39.4. The second-order valence-corrected chi connectivity index (χ2v) is 15.8. The Morgan fingerprint density at radius 2 is 1.66 bits per heavy atom. The second-order valence-electron chi connectivity index (χ2n) is 14.7. The number of carbonyl (C=O) groups excluding carboxylic acids is 3. The fraction of sp³-hybridized carbons (Fsp3) is 0.267. The summed E-state index contributed by atoms with van der Waals surface area (Å²) in [5.41, 5.74) is 6.24. The maximum atomic E-state index is 13.9. The Hall–Kier alpha value is -6.07. The molecular formula is C45H44N4O6S. The Morgan fingerprint density at radius 3 is 2.43 bits per heavy atom. The summed E-state index contributed by atoms with van der Waals surface area (Å²) < 4.78 is 18.0. The summed E-state index contributed by atoms with van der Waals surface area (Å²) >= 11 is 1.44. The zero-order valence-corrected chi connectivity index (χ0v) is 33.0. The van der Waals surface area contributed by atoms with E-state index < -0.39 is 11.6 Å². The van der Waals surface area contributed by atoms with Gasteiger partial charge in [-0.05, 0) is 123 Å². The quantitative estimate of drug-likeness (QED) is 0.129. The van der Waals surface area contributed by atoms with Crippen molar-refractivity contribution in [2.45, 2.75) is 65.5 Å². The van der Waals surface area contributed by atoms with Gasteiger partial charge >= 0.3 is 11.9 Å². The van der Waals surface area contributed by atoms with Crippen molar-refractivity contribution in [1.82, 2.24) is 9.97 Å². The predicted octanol–water partition coefficient (Wildman–Crippen LogP) is 9.73. The number of pyridine rings is 1. The van der Waals surface area contributed by atoms with Gasteiger partial charge < -0.3 is 19.1 Å². The molecule has 6 aromatic rings. The first kappa shape index (κ1) is 38.2. The van der Waals surface area contributed by atoms with Crippen LogP contribution in [-0.4, -0.2) is 47.1 Å². The molecule has 7 rings (SSSR count). The Balaban J connectivity index is 1.14. The van der Waals surface area contributed by atoms with Gasteiger partial charge in [-0.3, -0.25) is 14.9 Å². The Morgan fingerprint density at radius 1 is 0.875 bits per heavy atom. The maximum Gasteiger partial charge on any atom is 0.358 e. The molecular weight excluding hydrogens is 725 g/mol. The molecule has 1 amide bonds. The number of hydrogen-bond donors (Lipinski definition) is 1. The van der Waals surface area contributed by atoms with E-state index in [1.54, 1.807) is 0 Å². The number of esters is 2. The van der Waals surface area contributed by atoms with Gasteiger partial charge in [-0.15, -0.1) is 0 Å². The maximum absolute atomic E-state index is 13.9. The van der Waals surface area contributed by atoms with Crippen LogP contribution in [0.15, 0.2) is 97.1 Å². The van der Waals surface area contributed by atoms with Crippen molar-refractivity contribution in [2.75, 3.05) is 23.9 Å². The van der Waals surface area contributed by atoms with Gasteiger partial charge in [0.15, 0.2) is 10.8 Å². The van der Waals surface area contributed by atoms with Gasteiger partial charge in [-0.25, -0.2) is 14.8 Å². The molecule has 0 atom stereocenters. The first-order valence-corrected chi connectivity index (χ1v) is 19.5. The highest BCUT2D eigenvalue weighted by molar-refractivity contribution is 7.22. The van der Waals surface area contributed by atoms with Crippen LogP contribution in [0.3, 0.4) is 0 Å². The third-order valence-electron chi connectivity index (χ3n) is 9.63. The molecule has 0 unspecified atom stereocenters. The standard InChI is InChI=1S/C45H44N4O6S/c1-28-32(13-10-16-37(28)54-31-21-19-29(20-22-31)11-8-18-40(50)53-5)33-23-24-39(47-41(33)43(52)55-45(2,3)4)49-26-25-30-12-9-14-34(35(30)27-49)42(51)48-44-46-36-15-6-7-17-38(36)56-44/h6-7,9-10,12-17,19-24H,8,11,18,25-27H2,1-5H3,(H,46,48,51). The van der Waals surface area contributed by atoms with Crippen LogP contribution in [0.1, 0.15) is 76.7 Å². The summed E-state index contributed by atoms with van der Waals surface area (Å²) in [6.45, 7) is 8.55. The number of aromatic nitrogens is 2. The van der Waals surface area contributed by atoms with Crippen molar-refractivity contribution in [3.8, 4) is 22.6 Å². The number of carbonyl (C=O) groups is 3. The highest BCUT2D eigenvalue weighted by Gasteiger charge is 2.28. The monoisotopic (exact) mass is 768 g/mol. The van der Waals surface area contributed by atoms with Gasteiger partial charge in [0.05, 0.1) is 17.3 Å². The number of benzene rings is 4. The summed E-state index contributed by atoms with van der Waals surface area (Å²) in [6, 6.07) is 31.0. The van der Waals surface area contributed by atoms with Gasteiger partial charge in [0, 0.05) is 30.6 Å². The van der Waals surface area contributed by atoms with Gasteiger partial charge in [0.1, 0.15) is 22.9 Å². The minimum Gasteiger partial charge on any atom is -0.469 e. The van der Waals surface area contributed by atoms with Gasteiger partial charge in [-0.1, -0.05) is 59.9 Å². The third-order valence-corrected chi connectivity index (χ3v) is 10.6. The van der Waals surface area contributed by atoms with Gasteiger partial charge in [0.25, 0.3) is 5.91 Å². The Labute approximate surface area is 330 Å². The third kappa shape index (κ3) is 8.74. The molecule has 10 nitrogen and oxygen atoms in total. The van der Waals surface area contributed by atoms with Gasteiger partial charge in [0.2, 0.25) is 0 Å². The number of ether oxygens (including phenoxy) is 3. The fourth-order valence-corrected chi connectivity index (χ4v) is 7.67. The van der Waals surface area contributed by atoms with Crippen LogP contribution >= 0.6 is 11.3 Å². The van der Waals surface area contributed by atoms with Crippen molar-refractivity contribution >= 4 is 50.3 Å². The first-order valence-electron chi connectivity index (χ1n) is 18.7. The van der Waals surface area contributed by atoms with Crippen molar-refractivity contribution in [3.05, 3.63) is 131 Å². The second kappa shape index (κ2) is 16.3. The number of anilines is 2. The molecule has 1 N–H and O–H groups in total. The zero-order valence-electron chi connectivity index (χ0n) is 32.2. The van der Waals surface area contributed by atoms with E-state index in [0.29, 0.717) is 65.9 Å². The molecule has 0 aliphatic carbocycles. The molecule has 2 aromatic heterocycles. The number of aryl methyl sites for hydroxylation is 1. The highest BCUT2D eigenvalue weighted by atomic mass is 32.1. The lowest BCUT2D eigenvalue weighted by molar-refractivity contribution is -0.140. The minimum absolute atomic E-state index is 0.196. The van der Waals surface area contributed by atoms with Crippen LogP contribution in [0.2, 0.25) is 0 Å². The number of amides is 1. The molecule has 0 radical (unpaired) electrons. The largest absolute Gasteiger partial charge is 0.469 e. The van der Waals surface area contributed by atoms with Gasteiger partial charge in [-0.2, -0.15) is 0 Å². The summed E-state index contributed by atoms with van der Waals surface area (Å²) in [5.74, 6) is 0.958. The highest BCUT2D eigenvalue weighted by Crippen LogP contribution is 2.37. The molecule has 0 fully saturated rings. The van der Waals surface area contributed by atoms with E-state index in [9.17, 15) is 14.4 Å². The van der Waals surface area contributed by atoms with Crippen LogP contribution in [0.5, 0.6) is 11.5 Å². The normalized spacial score (nSPS) is 12.6. The van der Waals surface area contributed by atoms with E-state index in [0.717, 1.165) is 44.5 Å². The molecule has 11 heteroatoms. The Kier molecular flexibility index (Phi) is 11.2. The summed E-state index contributed by atoms with van der Waals surface area (Å²) in [7, 11) is 1.40. The average molecular weight is 769 g/mol. The van der Waals surface area contributed by atoms with Crippen molar-refractivity contribution in [3.63, 3.8) is 0 Å².